The maximum absolute atomic E-state index is 13.0. The first kappa shape index (κ1) is 16.8. The lowest BCUT2D eigenvalue weighted by Gasteiger charge is -2.42. The van der Waals surface area contributed by atoms with Crippen LogP contribution in [0.15, 0.2) is 24.3 Å². The highest BCUT2D eigenvalue weighted by Crippen LogP contribution is 2.36. The largest absolute Gasteiger partial charge is 0.336 e. The Balaban J connectivity index is 1.77. The number of amides is 1. The Morgan fingerprint density at radius 2 is 1.83 bits per heavy atom. The number of halogens is 1. The second kappa shape index (κ2) is 7.23. The van der Waals surface area contributed by atoms with Crippen molar-refractivity contribution in [3.8, 4) is 0 Å². The van der Waals surface area contributed by atoms with Gasteiger partial charge in [0.2, 0.25) is 0 Å². The van der Waals surface area contributed by atoms with Crippen molar-refractivity contribution >= 4 is 17.5 Å². The van der Waals surface area contributed by atoms with Gasteiger partial charge in [-0.15, -0.1) is 0 Å². The molecule has 2 aliphatic heterocycles. The average Bonchev–Trinajstić information content (AvgIpc) is 2.76. The summed E-state index contributed by atoms with van der Waals surface area (Å²) in [5.41, 5.74) is 0.761. The van der Waals surface area contributed by atoms with Gasteiger partial charge in [-0.25, -0.2) is 0 Å². The van der Waals surface area contributed by atoms with E-state index in [1.165, 1.54) is 12.8 Å². The summed E-state index contributed by atoms with van der Waals surface area (Å²) in [6, 6.07) is 9.02. The van der Waals surface area contributed by atoms with Crippen molar-refractivity contribution in [2.45, 2.75) is 63.6 Å². The van der Waals surface area contributed by atoms with Gasteiger partial charge in [-0.05, 0) is 63.4 Å². The maximum atomic E-state index is 13.0. The summed E-state index contributed by atoms with van der Waals surface area (Å²) in [6.07, 6.45) is 7.00. The van der Waals surface area contributed by atoms with Crippen molar-refractivity contribution in [1.82, 2.24) is 9.80 Å². The van der Waals surface area contributed by atoms with Crippen molar-refractivity contribution in [3.63, 3.8) is 0 Å². The van der Waals surface area contributed by atoms with E-state index >= 15 is 0 Å². The molecule has 2 fully saturated rings. The Morgan fingerprint density at radius 1 is 1.22 bits per heavy atom. The minimum Gasteiger partial charge on any atom is -0.336 e. The van der Waals surface area contributed by atoms with E-state index in [0.717, 1.165) is 37.8 Å². The van der Waals surface area contributed by atoms with Gasteiger partial charge < -0.3 is 9.80 Å². The maximum Gasteiger partial charge on any atom is 0.254 e. The number of hydrogen-bond acceptors (Lipinski definition) is 2. The lowest BCUT2D eigenvalue weighted by molar-refractivity contribution is 0.0480. The third-order valence-corrected chi connectivity index (χ3v) is 5.87. The van der Waals surface area contributed by atoms with E-state index in [1.54, 1.807) is 0 Å². The van der Waals surface area contributed by atoms with E-state index < -0.39 is 0 Å². The van der Waals surface area contributed by atoms with Gasteiger partial charge in [0.05, 0.1) is 0 Å². The smallest absolute Gasteiger partial charge is 0.254 e. The van der Waals surface area contributed by atoms with Crippen LogP contribution in [0.4, 0.5) is 0 Å². The third-order valence-electron chi connectivity index (χ3n) is 5.62. The van der Waals surface area contributed by atoms with Crippen LogP contribution >= 0.6 is 11.6 Å². The first-order valence-electron chi connectivity index (χ1n) is 8.88. The Labute approximate surface area is 144 Å². The van der Waals surface area contributed by atoms with Crippen LogP contribution in [0.5, 0.6) is 0 Å². The van der Waals surface area contributed by atoms with Crippen molar-refractivity contribution in [2.75, 3.05) is 13.6 Å². The molecule has 0 N–H and O–H groups in total. The summed E-state index contributed by atoms with van der Waals surface area (Å²) in [7, 11) is 2.25. The third kappa shape index (κ3) is 3.56. The van der Waals surface area contributed by atoms with E-state index in [-0.39, 0.29) is 5.91 Å². The number of fused-ring (bicyclic) bond motifs is 2. The quantitative estimate of drug-likeness (QED) is 0.805. The van der Waals surface area contributed by atoms with Gasteiger partial charge in [-0.3, -0.25) is 4.79 Å². The summed E-state index contributed by atoms with van der Waals surface area (Å²) < 4.78 is 0. The van der Waals surface area contributed by atoms with Crippen molar-refractivity contribution in [3.05, 3.63) is 34.9 Å². The number of benzene rings is 1. The number of piperidine rings is 1. The van der Waals surface area contributed by atoms with Crippen LogP contribution in [0.25, 0.3) is 0 Å². The molecular formula is C19H27ClN2O. The van der Waals surface area contributed by atoms with Gasteiger partial charge in [0.1, 0.15) is 0 Å². The summed E-state index contributed by atoms with van der Waals surface area (Å²) >= 11 is 5.96. The molecule has 23 heavy (non-hydrogen) atoms. The van der Waals surface area contributed by atoms with Crippen molar-refractivity contribution in [1.29, 1.82) is 0 Å². The van der Waals surface area contributed by atoms with E-state index in [0.29, 0.717) is 23.1 Å². The highest BCUT2D eigenvalue weighted by atomic mass is 35.5. The summed E-state index contributed by atoms with van der Waals surface area (Å²) in [4.78, 5) is 17.7. The molecule has 0 radical (unpaired) electrons. The Bertz CT molecular complexity index is 531. The van der Waals surface area contributed by atoms with Crippen LogP contribution in [0, 0.1) is 0 Å². The number of unbranched alkanes of at least 4 members (excludes halogenated alkanes) is 1. The molecular weight excluding hydrogens is 308 g/mol. The van der Waals surface area contributed by atoms with E-state index in [1.807, 2.05) is 24.3 Å². The Morgan fingerprint density at radius 3 is 2.39 bits per heavy atom. The van der Waals surface area contributed by atoms with Crippen LogP contribution < -0.4 is 0 Å². The van der Waals surface area contributed by atoms with Gasteiger partial charge in [0.15, 0.2) is 0 Å². The van der Waals surface area contributed by atoms with Crippen LogP contribution in [-0.4, -0.2) is 47.4 Å². The van der Waals surface area contributed by atoms with Gasteiger partial charge in [0, 0.05) is 35.3 Å². The number of nitrogens with zero attached hydrogens (tertiary/aromatic N) is 2. The van der Waals surface area contributed by atoms with Crippen LogP contribution in [0.2, 0.25) is 5.02 Å². The van der Waals surface area contributed by atoms with Gasteiger partial charge in [-0.1, -0.05) is 24.9 Å². The molecule has 0 unspecified atom stereocenters. The fourth-order valence-corrected chi connectivity index (χ4v) is 4.30. The zero-order valence-electron chi connectivity index (χ0n) is 14.2. The SMILES string of the molecule is CCCCN(C(=O)c1ccc(Cl)cc1)C1C[C@@H]2CC[C@@H](C1)N2C. The zero-order chi connectivity index (χ0) is 16.4. The number of carbonyl (C=O) groups is 1. The van der Waals surface area contributed by atoms with Crippen LogP contribution in [-0.2, 0) is 0 Å². The highest BCUT2D eigenvalue weighted by molar-refractivity contribution is 6.30. The summed E-state index contributed by atoms with van der Waals surface area (Å²) in [6.45, 7) is 3.05. The Kier molecular flexibility index (Phi) is 5.27. The van der Waals surface area contributed by atoms with Crippen molar-refractivity contribution in [2.24, 2.45) is 0 Å². The molecule has 0 aliphatic carbocycles. The highest BCUT2D eigenvalue weighted by Gasteiger charge is 2.41. The zero-order valence-corrected chi connectivity index (χ0v) is 14.9. The second-order valence-electron chi connectivity index (χ2n) is 7.03. The molecule has 0 saturated carbocycles. The molecule has 2 bridgehead atoms. The van der Waals surface area contributed by atoms with Gasteiger partial charge >= 0.3 is 0 Å². The van der Waals surface area contributed by atoms with Crippen LogP contribution in [0.3, 0.4) is 0 Å². The molecule has 0 aromatic heterocycles. The van der Waals surface area contributed by atoms with E-state index in [9.17, 15) is 4.79 Å². The number of rotatable bonds is 5. The predicted octanol–water partition coefficient (Wildman–Crippen LogP) is 4.21. The van der Waals surface area contributed by atoms with Gasteiger partial charge in [-0.2, -0.15) is 0 Å². The second-order valence-corrected chi connectivity index (χ2v) is 7.47. The molecule has 2 saturated heterocycles. The van der Waals surface area contributed by atoms with Crippen LogP contribution in [0.1, 0.15) is 55.8 Å². The molecule has 2 atom stereocenters. The minimum atomic E-state index is 0.170. The molecule has 4 heteroatoms. The lowest BCUT2D eigenvalue weighted by atomic mass is 9.95. The standard InChI is InChI=1S/C19H27ClN2O/c1-3-4-11-22(19(23)14-5-7-15(20)8-6-14)18-12-16-9-10-17(13-18)21(16)2/h5-8,16-18H,3-4,9-13H2,1-2H3/t16-,17-/m0/s1. The molecule has 1 aromatic rings. The average molecular weight is 335 g/mol. The summed E-state index contributed by atoms with van der Waals surface area (Å²) in [5, 5.41) is 0.680. The number of carbonyl (C=O) groups excluding carboxylic acids is 1. The number of hydrogen-bond donors (Lipinski definition) is 0. The Hall–Kier alpha value is -1.06. The first-order chi connectivity index (χ1) is 11.1. The van der Waals surface area contributed by atoms with Crippen molar-refractivity contribution < 1.29 is 4.79 Å². The first-order valence-corrected chi connectivity index (χ1v) is 9.26. The molecule has 0 spiro atoms. The molecule has 3 rings (SSSR count). The van der Waals surface area contributed by atoms with E-state index in [4.69, 9.17) is 11.6 Å². The molecule has 2 heterocycles. The molecule has 3 nitrogen and oxygen atoms in total. The minimum absolute atomic E-state index is 0.170. The lowest BCUT2D eigenvalue weighted by Crippen LogP contribution is -2.51. The fraction of sp³-hybridized carbons (Fsp3) is 0.632. The van der Waals surface area contributed by atoms with E-state index in [2.05, 4.69) is 23.8 Å². The normalized spacial score (nSPS) is 27.2. The fourth-order valence-electron chi connectivity index (χ4n) is 4.17. The summed E-state index contributed by atoms with van der Waals surface area (Å²) in [5.74, 6) is 0.170. The van der Waals surface area contributed by atoms with Gasteiger partial charge in [0.25, 0.3) is 5.91 Å². The monoisotopic (exact) mass is 334 g/mol. The predicted molar refractivity (Wildman–Crippen MR) is 95.0 cm³/mol. The topological polar surface area (TPSA) is 23.6 Å². The molecule has 1 amide bonds. The molecule has 2 aliphatic rings. The molecule has 126 valence electrons. The molecule has 1 aromatic carbocycles.